The summed E-state index contributed by atoms with van der Waals surface area (Å²) in [4.78, 5) is 13.3. The minimum absolute atomic E-state index is 0.160. The van der Waals surface area contributed by atoms with E-state index in [1.54, 1.807) is 0 Å². The van der Waals surface area contributed by atoms with Crippen LogP contribution in [0.1, 0.15) is 23.2 Å². The highest BCUT2D eigenvalue weighted by molar-refractivity contribution is 6.29. The predicted octanol–water partition coefficient (Wildman–Crippen LogP) is 0.844. The summed E-state index contributed by atoms with van der Waals surface area (Å²) in [6.07, 6.45) is 1.78. The summed E-state index contributed by atoms with van der Waals surface area (Å²) in [5.41, 5.74) is 5.63. The molecule has 0 bridgehead atoms. The number of carbonyl (C=O) groups is 1. The first kappa shape index (κ1) is 13.0. The van der Waals surface area contributed by atoms with Crippen LogP contribution in [0.3, 0.4) is 0 Å². The maximum Gasteiger partial charge on any atom is 0.252 e. The van der Waals surface area contributed by atoms with Crippen LogP contribution in [0.5, 0.6) is 0 Å². The van der Waals surface area contributed by atoms with Crippen molar-refractivity contribution >= 4 is 23.3 Å². The molecule has 1 aliphatic heterocycles. The first-order valence-electron chi connectivity index (χ1n) is 5.73. The number of anilines is 1. The van der Waals surface area contributed by atoms with Gasteiger partial charge in [0.05, 0.1) is 5.56 Å². The van der Waals surface area contributed by atoms with Crippen molar-refractivity contribution in [2.45, 2.75) is 18.9 Å². The number of hydrogen-bond donors (Lipinski definition) is 1. The third-order valence-electron chi connectivity index (χ3n) is 3.08. The van der Waals surface area contributed by atoms with Gasteiger partial charge in [0, 0.05) is 26.3 Å². The lowest BCUT2D eigenvalue weighted by Crippen LogP contribution is -2.38. The minimum Gasteiger partial charge on any atom is -0.381 e. The molecule has 6 nitrogen and oxygen atoms in total. The summed E-state index contributed by atoms with van der Waals surface area (Å²) in [6.45, 7) is 1.42. The Labute approximate surface area is 110 Å². The molecule has 2 rings (SSSR count). The Bertz CT molecular complexity index is 449. The van der Waals surface area contributed by atoms with Crippen molar-refractivity contribution in [1.82, 2.24) is 10.2 Å². The Morgan fingerprint density at radius 2 is 2.17 bits per heavy atom. The summed E-state index contributed by atoms with van der Waals surface area (Å²) in [5.74, 6) is -0.0838. The van der Waals surface area contributed by atoms with Gasteiger partial charge in [-0.05, 0) is 18.9 Å². The van der Waals surface area contributed by atoms with Gasteiger partial charge in [-0.3, -0.25) is 4.79 Å². The van der Waals surface area contributed by atoms with Crippen molar-refractivity contribution in [3.8, 4) is 0 Å². The van der Waals surface area contributed by atoms with E-state index in [2.05, 4.69) is 10.2 Å². The number of nitrogens with two attached hydrogens (primary N) is 1. The molecule has 0 aliphatic carbocycles. The average Bonchev–Trinajstić information content (AvgIpc) is 2.39. The van der Waals surface area contributed by atoms with Gasteiger partial charge in [-0.25, -0.2) is 0 Å². The summed E-state index contributed by atoms with van der Waals surface area (Å²) in [5, 5.41) is 7.91. The number of nitrogens with zero attached hydrogens (tertiary/aromatic N) is 3. The lowest BCUT2D eigenvalue weighted by Gasteiger charge is -2.32. The van der Waals surface area contributed by atoms with Crippen molar-refractivity contribution in [3.63, 3.8) is 0 Å². The van der Waals surface area contributed by atoms with Gasteiger partial charge in [0.25, 0.3) is 5.91 Å². The number of ether oxygens (including phenoxy) is 1. The van der Waals surface area contributed by atoms with Crippen LogP contribution in [0.25, 0.3) is 0 Å². The average molecular weight is 271 g/mol. The maximum atomic E-state index is 11.4. The van der Waals surface area contributed by atoms with E-state index in [0.717, 1.165) is 12.8 Å². The van der Waals surface area contributed by atoms with E-state index < -0.39 is 5.91 Å². The fourth-order valence-corrected chi connectivity index (χ4v) is 2.20. The van der Waals surface area contributed by atoms with Crippen LogP contribution in [-0.2, 0) is 4.74 Å². The molecule has 1 fully saturated rings. The third kappa shape index (κ3) is 2.70. The first-order valence-corrected chi connectivity index (χ1v) is 6.11. The molecule has 0 spiro atoms. The highest BCUT2D eigenvalue weighted by atomic mass is 35.5. The normalized spacial score (nSPS) is 16.6. The van der Waals surface area contributed by atoms with Gasteiger partial charge in [0.2, 0.25) is 0 Å². The highest BCUT2D eigenvalue weighted by Gasteiger charge is 2.23. The minimum atomic E-state index is -0.555. The highest BCUT2D eigenvalue weighted by Crippen LogP contribution is 2.23. The Morgan fingerprint density at radius 1 is 1.50 bits per heavy atom. The van der Waals surface area contributed by atoms with E-state index in [1.165, 1.54) is 6.07 Å². The summed E-state index contributed by atoms with van der Waals surface area (Å²) < 4.78 is 5.31. The van der Waals surface area contributed by atoms with E-state index in [1.807, 2.05) is 11.9 Å². The number of carbonyl (C=O) groups excluding carboxylic acids is 1. The van der Waals surface area contributed by atoms with Crippen LogP contribution in [0.15, 0.2) is 6.07 Å². The van der Waals surface area contributed by atoms with Gasteiger partial charge in [-0.15, -0.1) is 10.2 Å². The van der Waals surface area contributed by atoms with Gasteiger partial charge in [-0.2, -0.15) is 0 Å². The molecule has 0 radical (unpaired) electrons. The SMILES string of the molecule is CN(c1nnc(Cl)cc1C(N)=O)C1CCOCC1. The molecule has 7 heteroatoms. The van der Waals surface area contributed by atoms with Crippen LogP contribution < -0.4 is 10.6 Å². The molecule has 0 saturated carbocycles. The van der Waals surface area contributed by atoms with Gasteiger partial charge in [-0.1, -0.05) is 11.6 Å². The quantitative estimate of drug-likeness (QED) is 0.880. The zero-order valence-electron chi connectivity index (χ0n) is 10.1. The van der Waals surface area contributed by atoms with Crippen molar-refractivity contribution < 1.29 is 9.53 Å². The number of hydrogen-bond acceptors (Lipinski definition) is 5. The molecule has 1 amide bonds. The van der Waals surface area contributed by atoms with E-state index in [0.29, 0.717) is 24.6 Å². The van der Waals surface area contributed by atoms with E-state index in [4.69, 9.17) is 22.1 Å². The number of aromatic nitrogens is 2. The lowest BCUT2D eigenvalue weighted by atomic mass is 10.1. The molecule has 98 valence electrons. The largest absolute Gasteiger partial charge is 0.381 e. The van der Waals surface area contributed by atoms with Gasteiger partial charge < -0.3 is 15.4 Å². The summed E-state index contributed by atoms with van der Waals surface area (Å²) in [7, 11) is 1.88. The molecule has 1 aliphatic rings. The zero-order chi connectivity index (χ0) is 13.1. The summed E-state index contributed by atoms with van der Waals surface area (Å²) in [6, 6.07) is 1.72. The second-order valence-corrected chi connectivity index (χ2v) is 4.61. The third-order valence-corrected chi connectivity index (χ3v) is 3.27. The first-order chi connectivity index (χ1) is 8.59. The second-order valence-electron chi connectivity index (χ2n) is 4.22. The van der Waals surface area contributed by atoms with Crippen molar-refractivity contribution in [2.24, 2.45) is 5.73 Å². The Morgan fingerprint density at radius 3 is 2.78 bits per heavy atom. The number of primary amides is 1. The number of halogens is 1. The Hall–Kier alpha value is -1.40. The lowest BCUT2D eigenvalue weighted by molar-refractivity contribution is 0.0852. The van der Waals surface area contributed by atoms with E-state index >= 15 is 0 Å². The smallest absolute Gasteiger partial charge is 0.252 e. The molecule has 0 aromatic carbocycles. The molecular formula is C11H15ClN4O2. The zero-order valence-corrected chi connectivity index (χ0v) is 10.9. The van der Waals surface area contributed by atoms with Crippen LogP contribution in [0, 0.1) is 0 Å². The van der Waals surface area contributed by atoms with Crippen molar-refractivity contribution in [3.05, 3.63) is 16.8 Å². The molecule has 18 heavy (non-hydrogen) atoms. The molecule has 0 unspecified atom stereocenters. The molecule has 1 aromatic heterocycles. The van der Waals surface area contributed by atoms with Crippen molar-refractivity contribution in [1.29, 1.82) is 0 Å². The van der Waals surface area contributed by atoms with Crippen LogP contribution in [0.4, 0.5) is 5.82 Å². The van der Waals surface area contributed by atoms with E-state index in [9.17, 15) is 4.79 Å². The summed E-state index contributed by atoms with van der Waals surface area (Å²) >= 11 is 5.73. The Kier molecular flexibility index (Phi) is 3.98. The molecule has 2 N–H and O–H groups in total. The molecule has 2 heterocycles. The monoisotopic (exact) mass is 270 g/mol. The Balaban J connectivity index is 2.28. The van der Waals surface area contributed by atoms with Crippen molar-refractivity contribution in [2.75, 3.05) is 25.2 Å². The fraction of sp³-hybridized carbons (Fsp3) is 0.545. The van der Waals surface area contributed by atoms with Gasteiger partial charge >= 0.3 is 0 Å². The number of rotatable bonds is 3. The molecule has 0 atom stereocenters. The van der Waals surface area contributed by atoms with E-state index in [-0.39, 0.29) is 11.2 Å². The van der Waals surface area contributed by atoms with Crippen LogP contribution in [0.2, 0.25) is 5.15 Å². The van der Waals surface area contributed by atoms with Gasteiger partial charge in [0.1, 0.15) is 0 Å². The number of amides is 1. The topological polar surface area (TPSA) is 81.3 Å². The standard InChI is InChI=1S/C11H15ClN4O2/c1-16(7-2-4-18-5-3-7)11-8(10(13)17)6-9(12)14-15-11/h6-7H,2-5H2,1H3,(H2,13,17). The fourth-order valence-electron chi connectivity index (χ4n) is 2.05. The maximum absolute atomic E-state index is 11.4. The molecule has 1 saturated heterocycles. The second kappa shape index (κ2) is 5.49. The molecule has 1 aromatic rings. The van der Waals surface area contributed by atoms with Crippen LogP contribution in [-0.4, -0.2) is 42.4 Å². The van der Waals surface area contributed by atoms with Crippen LogP contribution >= 0.6 is 11.6 Å². The predicted molar refractivity (Wildman–Crippen MR) is 67.8 cm³/mol. The molecular weight excluding hydrogens is 256 g/mol. The van der Waals surface area contributed by atoms with Gasteiger partial charge in [0.15, 0.2) is 11.0 Å².